The number of fused-ring (bicyclic) bond motifs is 1. The lowest BCUT2D eigenvalue weighted by molar-refractivity contribution is -0.121. The van der Waals surface area contributed by atoms with Crippen molar-refractivity contribution in [2.24, 2.45) is 0 Å². The van der Waals surface area contributed by atoms with Crippen LogP contribution in [0, 0.1) is 0 Å². The van der Waals surface area contributed by atoms with Gasteiger partial charge in [0.2, 0.25) is 5.91 Å². The standard InChI is InChI=1S/C19H19N3O4S/c1-12(13-7-9-14(10-8-13)27(2,25)26)20-18(23)11-17-15-5-3-4-6-16(15)19(24)22-21-17/h3-10,12H,11H2,1-2H3,(H,20,23)(H,22,24). The van der Waals surface area contributed by atoms with E-state index in [-0.39, 0.29) is 28.8 Å². The molecule has 3 rings (SSSR count). The molecule has 1 heterocycles. The third-order valence-corrected chi connectivity index (χ3v) is 5.42. The highest BCUT2D eigenvalue weighted by Crippen LogP contribution is 2.17. The molecule has 27 heavy (non-hydrogen) atoms. The van der Waals surface area contributed by atoms with Crippen LogP contribution >= 0.6 is 0 Å². The number of carbonyl (C=O) groups excluding carboxylic acids is 1. The molecule has 2 N–H and O–H groups in total. The van der Waals surface area contributed by atoms with Gasteiger partial charge in [-0.05, 0) is 30.7 Å². The maximum Gasteiger partial charge on any atom is 0.272 e. The van der Waals surface area contributed by atoms with Crippen LogP contribution in [0.1, 0.15) is 24.2 Å². The molecule has 1 atom stereocenters. The van der Waals surface area contributed by atoms with Gasteiger partial charge in [0.15, 0.2) is 9.84 Å². The molecule has 1 aromatic heterocycles. The zero-order valence-corrected chi connectivity index (χ0v) is 15.7. The molecule has 0 saturated carbocycles. The Morgan fingerprint density at radius 2 is 1.74 bits per heavy atom. The van der Waals surface area contributed by atoms with Crippen LogP contribution in [0.2, 0.25) is 0 Å². The SMILES string of the molecule is CC(NC(=O)Cc1n[nH]c(=O)c2ccccc12)c1ccc(S(C)(=O)=O)cc1. The number of aromatic amines is 1. The highest BCUT2D eigenvalue weighted by molar-refractivity contribution is 7.90. The minimum absolute atomic E-state index is 0.0169. The average Bonchev–Trinajstić information content (AvgIpc) is 2.63. The third-order valence-electron chi connectivity index (χ3n) is 4.29. The first kappa shape index (κ1) is 18.8. The van der Waals surface area contributed by atoms with Crippen molar-refractivity contribution < 1.29 is 13.2 Å². The molecule has 2 aromatic carbocycles. The van der Waals surface area contributed by atoms with Crippen LogP contribution < -0.4 is 10.9 Å². The van der Waals surface area contributed by atoms with E-state index in [2.05, 4.69) is 15.5 Å². The molecule has 0 saturated heterocycles. The number of aromatic nitrogens is 2. The minimum atomic E-state index is -3.26. The summed E-state index contributed by atoms with van der Waals surface area (Å²) in [6, 6.07) is 13.1. The molecule has 8 heteroatoms. The summed E-state index contributed by atoms with van der Waals surface area (Å²) in [7, 11) is -3.26. The number of rotatable bonds is 5. The van der Waals surface area contributed by atoms with Crippen molar-refractivity contribution in [3.63, 3.8) is 0 Å². The van der Waals surface area contributed by atoms with Gasteiger partial charge in [0.25, 0.3) is 5.56 Å². The summed E-state index contributed by atoms with van der Waals surface area (Å²) in [4.78, 5) is 24.5. The van der Waals surface area contributed by atoms with E-state index in [1.807, 2.05) is 6.92 Å². The normalized spacial score (nSPS) is 12.7. The first-order chi connectivity index (χ1) is 12.8. The van der Waals surface area contributed by atoms with Crippen molar-refractivity contribution in [2.45, 2.75) is 24.3 Å². The molecular weight excluding hydrogens is 366 g/mol. The lowest BCUT2D eigenvalue weighted by Crippen LogP contribution is -2.29. The number of nitrogens with one attached hydrogen (secondary N) is 2. The Morgan fingerprint density at radius 3 is 2.37 bits per heavy atom. The number of benzene rings is 2. The number of amides is 1. The highest BCUT2D eigenvalue weighted by atomic mass is 32.2. The lowest BCUT2D eigenvalue weighted by atomic mass is 10.1. The fraction of sp³-hybridized carbons (Fsp3) is 0.211. The van der Waals surface area contributed by atoms with Crippen LogP contribution in [-0.2, 0) is 21.1 Å². The van der Waals surface area contributed by atoms with E-state index in [9.17, 15) is 18.0 Å². The summed E-state index contributed by atoms with van der Waals surface area (Å²) in [5.41, 5.74) is 0.978. The van der Waals surface area contributed by atoms with E-state index >= 15 is 0 Å². The number of hydrogen-bond donors (Lipinski definition) is 2. The van der Waals surface area contributed by atoms with E-state index in [1.165, 1.54) is 12.1 Å². The monoisotopic (exact) mass is 385 g/mol. The van der Waals surface area contributed by atoms with Gasteiger partial charge in [-0.15, -0.1) is 0 Å². The van der Waals surface area contributed by atoms with Gasteiger partial charge >= 0.3 is 0 Å². The molecule has 0 aliphatic carbocycles. The fourth-order valence-electron chi connectivity index (χ4n) is 2.84. The number of sulfone groups is 1. The van der Waals surface area contributed by atoms with E-state index in [4.69, 9.17) is 0 Å². The Morgan fingerprint density at radius 1 is 1.11 bits per heavy atom. The molecular formula is C19H19N3O4S. The van der Waals surface area contributed by atoms with E-state index in [1.54, 1.807) is 36.4 Å². The third kappa shape index (κ3) is 4.22. The summed E-state index contributed by atoms with van der Waals surface area (Å²) >= 11 is 0. The molecule has 0 aliphatic rings. The van der Waals surface area contributed by atoms with Crippen molar-refractivity contribution in [3.8, 4) is 0 Å². The number of nitrogens with zero attached hydrogens (tertiary/aromatic N) is 1. The molecule has 0 bridgehead atoms. The first-order valence-corrected chi connectivity index (χ1v) is 10.2. The quantitative estimate of drug-likeness (QED) is 0.695. The summed E-state index contributed by atoms with van der Waals surface area (Å²) in [5, 5.41) is 10.4. The van der Waals surface area contributed by atoms with E-state index < -0.39 is 9.84 Å². The first-order valence-electron chi connectivity index (χ1n) is 8.31. The molecule has 0 aliphatic heterocycles. The van der Waals surface area contributed by atoms with Crippen molar-refractivity contribution in [2.75, 3.05) is 6.26 Å². The van der Waals surface area contributed by atoms with Crippen molar-refractivity contribution >= 4 is 26.5 Å². The van der Waals surface area contributed by atoms with Crippen LogP contribution in [0.5, 0.6) is 0 Å². The number of hydrogen-bond acceptors (Lipinski definition) is 5. The van der Waals surface area contributed by atoms with Crippen LogP contribution in [0.25, 0.3) is 10.8 Å². The van der Waals surface area contributed by atoms with Crippen LogP contribution in [0.4, 0.5) is 0 Å². The van der Waals surface area contributed by atoms with Gasteiger partial charge < -0.3 is 5.32 Å². The summed E-state index contributed by atoms with van der Waals surface area (Å²) < 4.78 is 23.0. The molecule has 140 valence electrons. The largest absolute Gasteiger partial charge is 0.349 e. The predicted molar refractivity (Wildman–Crippen MR) is 102 cm³/mol. The summed E-state index contributed by atoms with van der Waals surface area (Å²) in [5.74, 6) is -0.251. The molecule has 7 nitrogen and oxygen atoms in total. The van der Waals surface area contributed by atoms with Crippen LogP contribution in [0.3, 0.4) is 0 Å². The Bertz CT molecular complexity index is 1150. The lowest BCUT2D eigenvalue weighted by Gasteiger charge is -2.15. The Kier molecular flexibility index (Phi) is 5.09. The smallest absolute Gasteiger partial charge is 0.272 e. The maximum absolute atomic E-state index is 12.4. The zero-order chi connectivity index (χ0) is 19.6. The second kappa shape index (κ2) is 7.32. The van der Waals surface area contributed by atoms with Gasteiger partial charge in [0.05, 0.1) is 28.4 Å². The second-order valence-corrected chi connectivity index (χ2v) is 8.37. The summed E-state index contributed by atoms with van der Waals surface area (Å²) in [6.07, 6.45) is 1.16. The molecule has 1 unspecified atom stereocenters. The topological polar surface area (TPSA) is 109 Å². The van der Waals surface area contributed by atoms with Gasteiger partial charge in [-0.1, -0.05) is 30.3 Å². The molecule has 1 amide bonds. The van der Waals surface area contributed by atoms with Crippen molar-refractivity contribution in [1.29, 1.82) is 0 Å². The van der Waals surface area contributed by atoms with Crippen molar-refractivity contribution in [1.82, 2.24) is 15.5 Å². The van der Waals surface area contributed by atoms with E-state index in [0.29, 0.717) is 16.5 Å². The molecule has 0 spiro atoms. The molecule has 3 aromatic rings. The van der Waals surface area contributed by atoms with Gasteiger partial charge in [-0.3, -0.25) is 9.59 Å². The van der Waals surface area contributed by atoms with Gasteiger partial charge in [-0.25, -0.2) is 13.5 Å². The summed E-state index contributed by atoms with van der Waals surface area (Å²) in [6.45, 7) is 1.81. The maximum atomic E-state index is 12.4. The van der Waals surface area contributed by atoms with Gasteiger partial charge in [-0.2, -0.15) is 5.10 Å². The van der Waals surface area contributed by atoms with Gasteiger partial charge in [0, 0.05) is 11.6 Å². The second-order valence-electron chi connectivity index (χ2n) is 6.35. The Hall–Kier alpha value is -3.00. The zero-order valence-electron chi connectivity index (χ0n) is 14.9. The minimum Gasteiger partial charge on any atom is -0.349 e. The van der Waals surface area contributed by atoms with E-state index in [0.717, 1.165) is 11.8 Å². The predicted octanol–water partition coefficient (Wildman–Crippen LogP) is 1.75. The molecule has 0 radical (unpaired) electrons. The highest BCUT2D eigenvalue weighted by Gasteiger charge is 2.14. The number of carbonyl (C=O) groups is 1. The average molecular weight is 385 g/mol. The van der Waals surface area contributed by atoms with Gasteiger partial charge in [0.1, 0.15) is 0 Å². The fourth-order valence-corrected chi connectivity index (χ4v) is 3.47. The number of H-pyrrole nitrogens is 1. The molecule has 0 fully saturated rings. The van der Waals surface area contributed by atoms with Crippen molar-refractivity contribution in [3.05, 3.63) is 70.1 Å². The Labute approximate surface area is 156 Å². The van der Waals surface area contributed by atoms with Crippen LogP contribution in [0.15, 0.2) is 58.2 Å². The Balaban J connectivity index is 1.74. The van der Waals surface area contributed by atoms with Crippen LogP contribution in [-0.4, -0.2) is 30.8 Å².